The van der Waals surface area contributed by atoms with Gasteiger partial charge in [0.2, 0.25) is 11.9 Å². The van der Waals surface area contributed by atoms with E-state index in [-0.39, 0.29) is 34.8 Å². The van der Waals surface area contributed by atoms with Gasteiger partial charge in [-0.2, -0.15) is 13.2 Å². The number of sulfonamides is 1. The summed E-state index contributed by atoms with van der Waals surface area (Å²) in [5, 5.41) is 14.2. The first kappa shape index (κ1) is 39.7. The number of guanidine groups is 1. The van der Waals surface area contributed by atoms with E-state index in [4.69, 9.17) is 36.4 Å². The first-order valence-electron chi connectivity index (χ1n) is 14.0. The number of carboxylic acids is 1. The van der Waals surface area contributed by atoms with Gasteiger partial charge in [0.05, 0.1) is 13.2 Å². The molecule has 0 saturated carbocycles. The van der Waals surface area contributed by atoms with E-state index in [2.05, 4.69) is 10.2 Å². The number of nitrogens with zero attached hydrogens (tertiary/aromatic N) is 1. The third-order valence-corrected chi connectivity index (χ3v) is 8.16. The van der Waals surface area contributed by atoms with Crippen molar-refractivity contribution in [3.63, 3.8) is 0 Å². The molecule has 1 aromatic heterocycles. The molecule has 1 aromatic carbocycles. The molecule has 46 heavy (non-hydrogen) atoms. The van der Waals surface area contributed by atoms with Crippen LogP contribution >= 0.6 is 0 Å². The summed E-state index contributed by atoms with van der Waals surface area (Å²) >= 11 is 0. The van der Waals surface area contributed by atoms with Crippen LogP contribution in [0.4, 0.5) is 18.9 Å². The highest BCUT2D eigenvalue weighted by atomic mass is 32.2. The smallest absolute Gasteiger partial charge is 0.490 e. The molecule has 8 N–H and O–H groups in total. The molecule has 1 heterocycles. The highest BCUT2D eigenvalue weighted by Crippen LogP contribution is 2.34. The molecule has 2 aromatic rings. The molecule has 1 amide bonds. The van der Waals surface area contributed by atoms with Gasteiger partial charge in [-0.25, -0.2) is 18.7 Å². The number of nitrogens with one attached hydrogen (secondary N) is 3. The van der Waals surface area contributed by atoms with Crippen LogP contribution in [0.1, 0.15) is 70.7 Å². The van der Waals surface area contributed by atoms with Crippen LogP contribution in [-0.4, -0.2) is 55.3 Å². The largest absolute Gasteiger partial charge is 0.492 e. The van der Waals surface area contributed by atoms with Crippen molar-refractivity contribution in [1.82, 2.24) is 10.0 Å². The van der Waals surface area contributed by atoms with E-state index in [9.17, 15) is 31.2 Å². The Labute approximate surface area is 264 Å². The van der Waals surface area contributed by atoms with Gasteiger partial charge < -0.3 is 21.3 Å². The zero-order chi connectivity index (χ0) is 35.5. The van der Waals surface area contributed by atoms with Gasteiger partial charge in [0.25, 0.3) is 15.6 Å². The molecule has 0 aliphatic carbocycles. The normalized spacial score (nSPS) is 12.3. The molecule has 2 rings (SSSR count). The number of anilines is 1. The number of primary amides is 1. The Kier molecular flexibility index (Phi) is 14.5. The fraction of sp³-hybridized carbons (Fsp3) is 0.500. The first-order chi connectivity index (χ1) is 21.2. The second-order valence-corrected chi connectivity index (χ2v) is 12.3. The van der Waals surface area contributed by atoms with Gasteiger partial charge >= 0.3 is 12.1 Å². The molecule has 18 heteroatoms. The lowest BCUT2D eigenvalue weighted by molar-refractivity contribution is -0.192. The monoisotopic (exact) mass is 678 g/mol. The molecule has 0 saturated heterocycles. The predicted octanol–water partition coefficient (Wildman–Crippen LogP) is 3.29. The van der Waals surface area contributed by atoms with E-state index in [0.717, 1.165) is 29.4 Å². The molecule has 14 nitrogen and oxygen atoms in total. The predicted molar refractivity (Wildman–Crippen MR) is 164 cm³/mol. The van der Waals surface area contributed by atoms with Crippen LogP contribution in [0.15, 0.2) is 40.0 Å². The average Bonchev–Trinajstić information content (AvgIpc) is 2.95. The molecular formula is C28H41F3N6O8S. The molecular weight excluding hydrogens is 637 g/mol. The SMILES string of the molecule is CCCCOc1ccc(C(C)(C)CC)cc1S(=O)(=O)Nc1ccc(C)n(C(CCONC(=N)N)C(N)=O)c1=O.O=C(O)C(F)(F)F. The molecule has 258 valence electrons. The quantitative estimate of drug-likeness (QED) is 0.0697. The summed E-state index contributed by atoms with van der Waals surface area (Å²) in [6, 6.07) is 6.78. The van der Waals surface area contributed by atoms with Crippen molar-refractivity contribution in [3.8, 4) is 5.75 Å². The van der Waals surface area contributed by atoms with Gasteiger partial charge in [-0.3, -0.25) is 29.1 Å². The second kappa shape index (κ2) is 16.8. The zero-order valence-corrected chi connectivity index (χ0v) is 27.0. The molecule has 1 atom stereocenters. The van der Waals surface area contributed by atoms with E-state index in [1.54, 1.807) is 19.1 Å². The summed E-state index contributed by atoms with van der Waals surface area (Å²) in [6.07, 6.45) is -2.71. The summed E-state index contributed by atoms with van der Waals surface area (Å²) in [6.45, 7) is 9.89. The van der Waals surface area contributed by atoms with Crippen molar-refractivity contribution in [2.24, 2.45) is 11.5 Å². The van der Waals surface area contributed by atoms with Crippen LogP contribution in [-0.2, 0) is 29.9 Å². The van der Waals surface area contributed by atoms with Crippen molar-refractivity contribution in [2.45, 2.75) is 82.8 Å². The molecule has 0 radical (unpaired) electrons. The number of benzene rings is 1. The third kappa shape index (κ3) is 11.6. The summed E-state index contributed by atoms with van der Waals surface area (Å²) < 4.78 is 68.4. The molecule has 0 aliphatic heterocycles. The number of unbranched alkanes of at least 4 members (excludes halogenated alkanes) is 1. The lowest BCUT2D eigenvalue weighted by atomic mass is 9.82. The number of carbonyl (C=O) groups excluding carboxylic acids is 1. The van der Waals surface area contributed by atoms with Crippen molar-refractivity contribution in [2.75, 3.05) is 17.9 Å². The summed E-state index contributed by atoms with van der Waals surface area (Å²) in [4.78, 5) is 39.5. The fourth-order valence-electron chi connectivity index (χ4n) is 3.80. The molecule has 0 fully saturated rings. The van der Waals surface area contributed by atoms with Crippen molar-refractivity contribution < 1.29 is 45.9 Å². The topological polar surface area (TPSA) is 229 Å². The second-order valence-electron chi connectivity index (χ2n) is 10.6. The standard InChI is InChI=1S/C26H40N6O6S.C2HF3O2/c1-6-8-14-37-21-12-10-18(26(4,5)7-2)16-22(21)39(35,36)31-19-11-9-17(3)32(24(19)34)20(23(27)33)13-15-38-30-25(28)29;3-2(4,5)1(6)7/h9-12,16,20,31H,6-8,13-15H2,1-5H3,(H2,27,33)(H4,28,29,30);(H,6,7). The first-order valence-corrected chi connectivity index (χ1v) is 15.5. The van der Waals surface area contributed by atoms with E-state index in [1.165, 1.54) is 12.1 Å². The van der Waals surface area contributed by atoms with Crippen LogP contribution in [0.2, 0.25) is 0 Å². The van der Waals surface area contributed by atoms with E-state index >= 15 is 0 Å². The van der Waals surface area contributed by atoms with Gasteiger partial charge in [0.1, 0.15) is 22.4 Å². The summed E-state index contributed by atoms with van der Waals surface area (Å²) in [7, 11) is -4.28. The number of aryl methyl sites for hydroxylation is 1. The number of nitrogens with two attached hydrogens (primary N) is 2. The minimum Gasteiger partial charge on any atom is -0.492 e. The summed E-state index contributed by atoms with van der Waals surface area (Å²) in [5.74, 6) is -3.82. The number of carboxylic acid groups (broad SMARTS) is 1. The highest BCUT2D eigenvalue weighted by Gasteiger charge is 2.38. The molecule has 0 bridgehead atoms. The molecule has 1 unspecified atom stereocenters. The number of halogens is 3. The van der Waals surface area contributed by atoms with Gasteiger partial charge in [-0.1, -0.05) is 40.2 Å². The van der Waals surface area contributed by atoms with Gasteiger partial charge in [-0.05, 0) is 55.0 Å². The lowest BCUT2D eigenvalue weighted by Gasteiger charge is -2.25. The maximum Gasteiger partial charge on any atom is 0.490 e. The maximum atomic E-state index is 13.7. The minimum absolute atomic E-state index is 0.0316. The van der Waals surface area contributed by atoms with Crippen LogP contribution in [0.25, 0.3) is 0 Å². The number of rotatable bonds is 15. The minimum atomic E-state index is -5.08. The van der Waals surface area contributed by atoms with Crippen LogP contribution < -0.4 is 32.0 Å². The van der Waals surface area contributed by atoms with E-state index in [1.807, 2.05) is 33.8 Å². The Morgan fingerprint density at radius 3 is 2.22 bits per heavy atom. The maximum absolute atomic E-state index is 13.7. The van der Waals surface area contributed by atoms with Crippen LogP contribution in [0.5, 0.6) is 5.75 Å². The number of hydrogen-bond acceptors (Lipinski definition) is 8. The zero-order valence-electron chi connectivity index (χ0n) is 26.2. The highest BCUT2D eigenvalue weighted by molar-refractivity contribution is 7.92. The van der Waals surface area contributed by atoms with Gasteiger partial charge in [-0.15, -0.1) is 0 Å². The number of pyridine rings is 1. The number of aromatic nitrogens is 1. The summed E-state index contributed by atoms with van der Waals surface area (Å²) in [5.41, 5.74) is 12.8. The molecule has 0 spiro atoms. The number of alkyl halides is 3. The van der Waals surface area contributed by atoms with Crippen molar-refractivity contribution in [3.05, 3.63) is 51.9 Å². The van der Waals surface area contributed by atoms with Crippen LogP contribution in [0, 0.1) is 12.3 Å². The average molecular weight is 679 g/mol. The number of amides is 1. The Bertz CT molecular complexity index is 1540. The number of carbonyl (C=O) groups is 2. The van der Waals surface area contributed by atoms with E-state index < -0.39 is 45.6 Å². The number of hydroxylamine groups is 1. The van der Waals surface area contributed by atoms with Crippen molar-refractivity contribution >= 4 is 33.5 Å². The Morgan fingerprint density at radius 2 is 1.72 bits per heavy atom. The van der Waals surface area contributed by atoms with Crippen molar-refractivity contribution in [1.29, 1.82) is 5.41 Å². The Morgan fingerprint density at radius 1 is 1.11 bits per heavy atom. The van der Waals surface area contributed by atoms with Crippen LogP contribution in [0.3, 0.4) is 0 Å². The number of aliphatic carboxylic acids is 1. The third-order valence-electron chi connectivity index (χ3n) is 6.78. The van der Waals surface area contributed by atoms with E-state index in [0.29, 0.717) is 12.3 Å². The fourth-order valence-corrected chi connectivity index (χ4v) is 5.03. The van der Waals surface area contributed by atoms with Gasteiger partial charge in [0.15, 0.2) is 0 Å². The Hall–Kier alpha value is -4.32. The number of ether oxygens (including phenoxy) is 1. The Balaban J connectivity index is 0.00000135. The molecule has 0 aliphatic rings. The van der Waals surface area contributed by atoms with Gasteiger partial charge in [0, 0.05) is 12.1 Å². The lowest BCUT2D eigenvalue weighted by Crippen LogP contribution is -2.38. The number of hydrogen-bond donors (Lipinski definition) is 6.